The molecule has 0 heterocycles. The molecule has 0 fully saturated rings. The van der Waals surface area contributed by atoms with Gasteiger partial charge in [-0.1, -0.05) is 37.3 Å². The van der Waals surface area contributed by atoms with Crippen LogP contribution in [0.15, 0.2) is 54.6 Å². The smallest absolute Gasteiger partial charge is 0.154 e. The molecule has 1 unspecified atom stereocenters. The highest BCUT2D eigenvalue weighted by molar-refractivity contribution is 5.33. The molecule has 100 valence electrons. The average molecular weight is 258 g/mol. The maximum atomic E-state index is 9.06. The first-order chi connectivity index (χ1) is 9.15. The fourth-order valence-corrected chi connectivity index (χ4v) is 1.80. The topological polar surface area (TPSA) is 49.7 Å². The molecule has 0 radical (unpaired) electrons. The van der Waals surface area contributed by atoms with Crippen LogP contribution in [-0.4, -0.2) is 16.5 Å². The molecule has 0 aliphatic rings. The minimum absolute atomic E-state index is 0.180. The summed E-state index contributed by atoms with van der Waals surface area (Å²) in [5.41, 5.74) is 1.06. The number of para-hydroxylation sites is 1. The van der Waals surface area contributed by atoms with E-state index in [1.807, 2.05) is 54.6 Å². The number of hydrogen-bond donors (Lipinski definition) is 2. The Bertz CT molecular complexity index is 491. The molecule has 19 heavy (non-hydrogen) atoms. The van der Waals surface area contributed by atoms with Crippen LogP contribution in [0.3, 0.4) is 0 Å². The number of ether oxygens (including phenoxy) is 1. The molecule has 0 spiro atoms. The second-order valence-electron chi connectivity index (χ2n) is 4.65. The van der Waals surface area contributed by atoms with Crippen molar-refractivity contribution < 1.29 is 14.9 Å². The monoisotopic (exact) mass is 258 g/mol. The van der Waals surface area contributed by atoms with E-state index >= 15 is 0 Å². The van der Waals surface area contributed by atoms with Crippen molar-refractivity contribution in [2.45, 2.75) is 19.6 Å². The molecule has 3 nitrogen and oxygen atoms in total. The fourth-order valence-electron chi connectivity index (χ4n) is 1.80. The zero-order valence-corrected chi connectivity index (χ0v) is 10.9. The van der Waals surface area contributed by atoms with Crippen LogP contribution in [0.5, 0.6) is 11.5 Å². The zero-order valence-electron chi connectivity index (χ0n) is 10.9. The van der Waals surface area contributed by atoms with Gasteiger partial charge in [-0.3, -0.25) is 0 Å². The van der Waals surface area contributed by atoms with Gasteiger partial charge < -0.3 is 14.9 Å². The van der Waals surface area contributed by atoms with E-state index in [0.29, 0.717) is 6.42 Å². The van der Waals surface area contributed by atoms with Gasteiger partial charge in [-0.25, -0.2) is 0 Å². The van der Waals surface area contributed by atoms with Gasteiger partial charge in [0.05, 0.1) is 0 Å². The van der Waals surface area contributed by atoms with Crippen molar-refractivity contribution in [1.29, 1.82) is 0 Å². The van der Waals surface area contributed by atoms with Crippen LogP contribution in [0, 0.1) is 5.92 Å². The third-order valence-electron chi connectivity index (χ3n) is 2.97. The first kappa shape index (κ1) is 13.6. The summed E-state index contributed by atoms with van der Waals surface area (Å²) in [6.45, 7) is 1.80. The summed E-state index contributed by atoms with van der Waals surface area (Å²) in [4.78, 5) is 0. The summed E-state index contributed by atoms with van der Waals surface area (Å²) in [5, 5.41) is 18.1. The second kappa shape index (κ2) is 6.36. The molecular formula is C16H18O3. The Morgan fingerprint density at radius 2 is 1.47 bits per heavy atom. The standard InChI is InChI=1S/C16H18O3/c1-12(16(17)18)11-13-7-9-15(10-8-13)19-14-5-3-2-4-6-14/h2-10,12,16-18H,11H2,1H3. The summed E-state index contributed by atoms with van der Waals surface area (Å²) in [5.74, 6) is 1.39. The molecular weight excluding hydrogens is 240 g/mol. The van der Waals surface area contributed by atoms with Crippen molar-refractivity contribution in [2.24, 2.45) is 5.92 Å². The van der Waals surface area contributed by atoms with Crippen LogP contribution < -0.4 is 4.74 Å². The summed E-state index contributed by atoms with van der Waals surface area (Å²) in [6.07, 6.45) is -0.649. The third kappa shape index (κ3) is 4.09. The van der Waals surface area contributed by atoms with E-state index in [2.05, 4.69) is 0 Å². The predicted molar refractivity (Wildman–Crippen MR) is 74.1 cm³/mol. The lowest BCUT2D eigenvalue weighted by Crippen LogP contribution is -2.18. The molecule has 0 saturated carbocycles. The van der Waals surface area contributed by atoms with Gasteiger partial charge >= 0.3 is 0 Å². The van der Waals surface area contributed by atoms with Crippen molar-refractivity contribution in [3.8, 4) is 11.5 Å². The molecule has 0 amide bonds. The largest absolute Gasteiger partial charge is 0.457 e. The Morgan fingerprint density at radius 3 is 2.05 bits per heavy atom. The van der Waals surface area contributed by atoms with E-state index in [1.54, 1.807) is 6.92 Å². The summed E-state index contributed by atoms with van der Waals surface area (Å²) in [6, 6.07) is 17.3. The van der Waals surface area contributed by atoms with Gasteiger partial charge in [0.2, 0.25) is 0 Å². The van der Waals surface area contributed by atoms with Crippen LogP contribution in [0.1, 0.15) is 12.5 Å². The van der Waals surface area contributed by atoms with Crippen LogP contribution in [-0.2, 0) is 6.42 Å². The zero-order chi connectivity index (χ0) is 13.7. The number of aliphatic hydroxyl groups is 2. The SMILES string of the molecule is CC(Cc1ccc(Oc2ccccc2)cc1)C(O)O. The average Bonchev–Trinajstić information content (AvgIpc) is 2.42. The van der Waals surface area contributed by atoms with E-state index in [4.69, 9.17) is 14.9 Å². The van der Waals surface area contributed by atoms with Gasteiger partial charge in [-0.05, 0) is 36.2 Å². The van der Waals surface area contributed by atoms with Gasteiger partial charge in [0.25, 0.3) is 0 Å². The molecule has 0 aliphatic heterocycles. The lowest BCUT2D eigenvalue weighted by Gasteiger charge is -2.13. The van der Waals surface area contributed by atoms with Crippen LogP contribution in [0.2, 0.25) is 0 Å². The quantitative estimate of drug-likeness (QED) is 0.811. The molecule has 0 aliphatic carbocycles. The first-order valence-corrected chi connectivity index (χ1v) is 6.33. The van der Waals surface area contributed by atoms with Gasteiger partial charge in [-0.15, -0.1) is 0 Å². The molecule has 3 heteroatoms. The second-order valence-corrected chi connectivity index (χ2v) is 4.65. The van der Waals surface area contributed by atoms with E-state index in [1.165, 1.54) is 0 Å². The normalized spacial score (nSPS) is 12.4. The Balaban J connectivity index is 1.99. The predicted octanol–water partition coefficient (Wildman–Crippen LogP) is 2.97. The van der Waals surface area contributed by atoms with Crippen molar-refractivity contribution in [1.82, 2.24) is 0 Å². The Labute approximate surface area is 113 Å². The lowest BCUT2D eigenvalue weighted by atomic mass is 10.0. The molecule has 0 saturated heterocycles. The molecule has 2 N–H and O–H groups in total. The summed E-state index contributed by atoms with van der Waals surface area (Å²) in [7, 11) is 0. The van der Waals surface area contributed by atoms with Crippen molar-refractivity contribution in [3.05, 3.63) is 60.2 Å². The minimum Gasteiger partial charge on any atom is -0.457 e. The molecule has 1 atom stereocenters. The number of benzene rings is 2. The van der Waals surface area contributed by atoms with Crippen LogP contribution in [0.25, 0.3) is 0 Å². The Morgan fingerprint density at radius 1 is 0.895 bits per heavy atom. The maximum Gasteiger partial charge on any atom is 0.154 e. The minimum atomic E-state index is -1.28. The maximum absolute atomic E-state index is 9.06. The van der Waals surface area contributed by atoms with Crippen molar-refractivity contribution in [2.75, 3.05) is 0 Å². The molecule has 0 aromatic heterocycles. The van der Waals surface area contributed by atoms with E-state index in [9.17, 15) is 0 Å². The van der Waals surface area contributed by atoms with Gasteiger partial charge in [0.1, 0.15) is 11.5 Å². The van der Waals surface area contributed by atoms with Crippen molar-refractivity contribution >= 4 is 0 Å². The van der Waals surface area contributed by atoms with Gasteiger partial charge in [0.15, 0.2) is 6.29 Å². The van der Waals surface area contributed by atoms with E-state index < -0.39 is 6.29 Å². The van der Waals surface area contributed by atoms with Crippen molar-refractivity contribution in [3.63, 3.8) is 0 Å². The molecule has 2 aromatic carbocycles. The highest BCUT2D eigenvalue weighted by atomic mass is 16.5. The lowest BCUT2D eigenvalue weighted by molar-refractivity contribution is -0.0780. The van der Waals surface area contributed by atoms with E-state index in [-0.39, 0.29) is 5.92 Å². The molecule has 0 bridgehead atoms. The highest BCUT2D eigenvalue weighted by Crippen LogP contribution is 2.22. The molecule has 2 aromatic rings. The highest BCUT2D eigenvalue weighted by Gasteiger charge is 2.11. The van der Waals surface area contributed by atoms with Crippen LogP contribution >= 0.6 is 0 Å². The Kier molecular flexibility index (Phi) is 4.55. The summed E-state index contributed by atoms with van der Waals surface area (Å²) < 4.78 is 5.69. The number of hydrogen-bond acceptors (Lipinski definition) is 3. The number of rotatable bonds is 5. The Hall–Kier alpha value is -1.84. The third-order valence-corrected chi connectivity index (χ3v) is 2.97. The van der Waals surface area contributed by atoms with E-state index in [0.717, 1.165) is 17.1 Å². The van der Waals surface area contributed by atoms with Gasteiger partial charge in [-0.2, -0.15) is 0 Å². The molecule has 2 rings (SSSR count). The number of aliphatic hydroxyl groups excluding tert-OH is 1. The van der Waals surface area contributed by atoms with Gasteiger partial charge in [0, 0.05) is 5.92 Å². The summed E-state index contributed by atoms with van der Waals surface area (Å²) >= 11 is 0. The first-order valence-electron chi connectivity index (χ1n) is 6.33. The van der Waals surface area contributed by atoms with Crippen LogP contribution in [0.4, 0.5) is 0 Å². The fraction of sp³-hybridized carbons (Fsp3) is 0.250.